The number of aliphatic carboxylic acids is 1. The van der Waals surface area contributed by atoms with Gasteiger partial charge in [-0.3, -0.25) is 4.79 Å². The van der Waals surface area contributed by atoms with Crippen LogP contribution >= 0.6 is 11.6 Å². The van der Waals surface area contributed by atoms with Crippen LogP contribution in [0.2, 0.25) is 0 Å². The van der Waals surface area contributed by atoms with Gasteiger partial charge in [0.15, 0.2) is 0 Å². The first kappa shape index (κ1) is 12.4. The number of hydrogen-bond acceptors (Lipinski definition) is 2. The fourth-order valence-electron chi connectivity index (χ4n) is 0.636. The SMILES string of the molecule is C=C/C(Cl)=C(\C=C)CNC(=O)C(=O)O. The summed E-state index contributed by atoms with van der Waals surface area (Å²) in [6.45, 7) is 6.90. The highest BCUT2D eigenvalue weighted by molar-refractivity contribution is 6.32. The molecule has 0 aromatic heterocycles. The summed E-state index contributed by atoms with van der Waals surface area (Å²) >= 11 is 5.69. The van der Waals surface area contributed by atoms with Crippen LogP contribution in [0.4, 0.5) is 0 Å². The molecule has 0 aromatic rings. The molecule has 0 fully saturated rings. The molecule has 0 saturated carbocycles. The van der Waals surface area contributed by atoms with Gasteiger partial charge >= 0.3 is 11.9 Å². The Labute approximate surface area is 86.6 Å². The second kappa shape index (κ2) is 5.99. The van der Waals surface area contributed by atoms with Crippen LogP contribution in [0.1, 0.15) is 0 Å². The third-order valence-corrected chi connectivity index (χ3v) is 1.76. The lowest BCUT2D eigenvalue weighted by Crippen LogP contribution is -2.32. The van der Waals surface area contributed by atoms with Gasteiger partial charge in [-0.15, -0.1) is 0 Å². The first-order valence-corrected chi connectivity index (χ1v) is 4.05. The van der Waals surface area contributed by atoms with Crippen LogP contribution in [0, 0.1) is 0 Å². The summed E-state index contributed by atoms with van der Waals surface area (Å²) < 4.78 is 0. The molecule has 0 radical (unpaired) electrons. The Bertz CT molecular complexity index is 307. The molecule has 4 nitrogen and oxygen atoms in total. The lowest BCUT2D eigenvalue weighted by molar-refractivity contribution is -0.150. The number of rotatable bonds is 4. The van der Waals surface area contributed by atoms with Crippen LogP contribution in [0.5, 0.6) is 0 Å². The number of amides is 1. The molecule has 0 atom stereocenters. The molecule has 0 bridgehead atoms. The van der Waals surface area contributed by atoms with E-state index >= 15 is 0 Å². The molecule has 76 valence electrons. The number of halogens is 1. The van der Waals surface area contributed by atoms with E-state index in [4.69, 9.17) is 16.7 Å². The van der Waals surface area contributed by atoms with E-state index in [1.165, 1.54) is 12.2 Å². The minimum Gasteiger partial charge on any atom is -0.474 e. The zero-order valence-corrected chi connectivity index (χ0v) is 8.17. The van der Waals surface area contributed by atoms with Gasteiger partial charge in [0.05, 0.1) is 0 Å². The maximum atomic E-state index is 10.6. The van der Waals surface area contributed by atoms with Crippen molar-refractivity contribution >= 4 is 23.5 Å². The van der Waals surface area contributed by atoms with Crippen molar-refractivity contribution in [3.05, 3.63) is 35.9 Å². The largest absolute Gasteiger partial charge is 0.474 e. The fourth-order valence-corrected chi connectivity index (χ4v) is 0.780. The summed E-state index contributed by atoms with van der Waals surface area (Å²) in [5.74, 6) is -2.62. The zero-order chi connectivity index (χ0) is 11.1. The van der Waals surface area contributed by atoms with Crippen molar-refractivity contribution in [3.63, 3.8) is 0 Å². The van der Waals surface area contributed by atoms with Crippen molar-refractivity contribution in [2.24, 2.45) is 0 Å². The average Bonchev–Trinajstić information content (AvgIpc) is 2.17. The van der Waals surface area contributed by atoms with Crippen LogP contribution in [0.25, 0.3) is 0 Å². The van der Waals surface area contributed by atoms with Gasteiger partial charge in [-0.05, 0) is 5.57 Å². The molecule has 0 aliphatic carbocycles. The number of carbonyl (C=O) groups excluding carboxylic acids is 1. The summed E-state index contributed by atoms with van der Waals surface area (Å²) in [7, 11) is 0. The van der Waals surface area contributed by atoms with Gasteiger partial charge in [-0.2, -0.15) is 0 Å². The van der Waals surface area contributed by atoms with E-state index in [9.17, 15) is 9.59 Å². The van der Waals surface area contributed by atoms with Crippen LogP contribution in [-0.4, -0.2) is 23.5 Å². The molecule has 1 amide bonds. The zero-order valence-electron chi connectivity index (χ0n) is 7.42. The molecule has 2 N–H and O–H groups in total. The predicted octanol–water partition coefficient (Wildman–Crippen LogP) is 1.05. The summed E-state index contributed by atoms with van der Waals surface area (Å²) in [5, 5.41) is 10.7. The smallest absolute Gasteiger partial charge is 0.394 e. The lowest BCUT2D eigenvalue weighted by Gasteiger charge is -2.03. The summed E-state index contributed by atoms with van der Waals surface area (Å²) in [6.07, 6.45) is 2.80. The van der Waals surface area contributed by atoms with E-state index < -0.39 is 11.9 Å². The number of carbonyl (C=O) groups is 2. The number of carboxylic acid groups (broad SMARTS) is 1. The first-order chi connectivity index (χ1) is 6.52. The average molecular weight is 216 g/mol. The molecular formula is C9H10ClNO3. The standard InChI is InChI=1S/C9H10ClNO3/c1-3-6(7(10)4-2)5-11-8(12)9(13)14/h3-4H,1-2,5H2,(H,11,12)(H,13,14)/b7-6-. The van der Waals surface area contributed by atoms with Gasteiger partial charge < -0.3 is 10.4 Å². The number of nitrogens with one attached hydrogen (secondary N) is 1. The highest BCUT2D eigenvalue weighted by Gasteiger charge is 2.10. The van der Waals surface area contributed by atoms with Crippen molar-refractivity contribution < 1.29 is 14.7 Å². The molecule has 0 aliphatic heterocycles. The molecule has 0 unspecified atom stereocenters. The molecular weight excluding hydrogens is 206 g/mol. The quantitative estimate of drug-likeness (QED) is 0.544. The van der Waals surface area contributed by atoms with Gasteiger partial charge in [0, 0.05) is 11.6 Å². The Morgan fingerprint density at radius 3 is 2.29 bits per heavy atom. The monoisotopic (exact) mass is 215 g/mol. The number of carboxylic acids is 1. The van der Waals surface area contributed by atoms with Gasteiger partial charge in [0.1, 0.15) is 0 Å². The van der Waals surface area contributed by atoms with Gasteiger partial charge in [-0.1, -0.05) is 36.9 Å². The highest BCUT2D eigenvalue weighted by Crippen LogP contribution is 2.10. The van der Waals surface area contributed by atoms with E-state index in [1.54, 1.807) is 0 Å². The van der Waals surface area contributed by atoms with Crippen LogP contribution in [0.15, 0.2) is 35.9 Å². The lowest BCUT2D eigenvalue weighted by atomic mass is 10.2. The van der Waals surface area contributed by atoms with E-state index in [-0.39, 0.29) is 6.54 Å². The maximum Gasteiger partial charge on any atom is 0.394 e. The topological polar surface area (TPSA) is 66.4 Å². The normalized spacial score (nSPS) is 11.2. The summed E-state index contributed by atoms with van der Waals surface area (Å²) in [4.78, 5) is 20.8. The summed E-state index contributed by atoms with van der Waals surface area (Å²) in [6, 6.07) is 0. The molecule has 14 heavy (non-hydrogen) atoms. The Hall–Kier alpha value is -1.55. The van der Waals surface area contributed by atoms with E-state index in [2.05, 4.69) is 18.5 Å². The predicted molar refractivity (Wildman–Crippen MR) is 53.9 cm³/mol. The molecule has 0 rings (SSSR count). The molecule has 0 spiro atoms. The Kier molecular flexibility index (Phi) is 5.33. The number of hydrogen-bond donors (Lipinski definition) is 2. The van der Waals surface area contributed by atoms with Crippen LogP contribution < -0.4 is 5.32 Å². The fraction of sp³-hybridized carbons (Fsp3) is 0.111. The molecule has 5 heteroatoms. The van der Waals surface area contributed by atoms with Crippen LogP contribution in [0.3, 0.4) is 0 Å². The first-order valence-electron chi connectivity index (χ1n) is 3.67. The van der Waals surface area contributed by atoms with Crippen molar-refractivity contribution in [2.75, 3.05) is 6.54 Å². The van der Waals surface area contributed by atoms with E-state index in [1.807, 2.05) is 0 Å². The Balaban J connectivity index is 4.37. The third-order valence-electron chi connectivity index (χ3n) is 1.37. The Morgan fingerprint density at radius 1 is 1.36 bits per heavy atom. The summed E-state index contributed by atoms with van der Waals surface area (Å²) in [5.41, 5.74) is 0.510. The molecule has 0 saturated heterocycles. The molecule has 0 aromatic carbocycles. The Morgan fingerprint density at radius 2 is 1.93 bits per heavy atom. The van der Waals surface area contributed by atoms with Crippen molar-refractivity contribution in [3.8, 4) is 0 Å². The highest BCUT2D eigenvalue weighted by atomic mass is 35.5. The van der Waals surface area contributed by atoms with Gasteiger partial charge in [0.25, 0.3) is 0 Å². The van der Waals surface area contributed by atoms with Crippen molar-refractivity contribution in [2.45, 2.75) is 0 Å². The molecule has 0 heterocycles. The second-order valence-corrected chi connectivity index (χ2v) is 2.68. The number of allylic oxidation sites excluding steroid dienone is 2. The van der Waals surface area contributed by atoms with Gasteiger partial charge in [0.2, 0.25) is 0 Å². The van der Waals surface area contributed by atoms with Gasteiger partial charge in [-0.25, -0.2) is 4.79 Å². The maximum absolute atomic E-state index is 10.6. The van der Waals surface area contributed by atoms with E-state index in [0.29, 0.717) is 10.6 Å². The third kappa shape index (κ3) is 3.91. The minimum atomic E-state index is -1.54. The van der Waals surface area contributed by atoms with Crippen molar-refractivity contribution in [1.82, 2.24) is 5.32 Å². The van der Waals surface area contributed by atoms with Crippen molar-refractivity contribution in [1.29, 1.82) is 0 Å². The van der Waals surface area contributed by atoms with E-state index in [0.717, 1.165) is 0 Å². The minimum absolute atomic E-state index is 0.0134. The second-order valence-electron chi connectivity index (χ2n) is 2.27. The van der Waals surface area contributed by atoms with Crippen LogP contribution in [-0.2, 0) is 9.59 Å². The molecule has 0 aliphatic rings.